The average Bonchev–Trinajstić information content (AvgIpc) is 2.90. The van der Waals surface area contributed by atoms with Crippen molar-refractivity contribution in [2.45, 2.75) is 24.9 Å². The van der Waals surface area contributed by atoms with Crippen molar-refractivity contribution in [3.63, 3.8) is 0 Å². The van der Waals surface area contributed by atoms with Crippen LogP contribution in [0.25, 0.3) is 0 Å². The molecule has 0 radical (unpaired) electrons. The zero-order valence-electron chi connectivity index (χ0n) is 11.9. The largest absolute Gasteiger partial charge is 0.490 e. The highest BCUT2D eigenvalue weighted by Gasteiger charge is 2.25. The van der Waals surface area contributed by atoms with Crippen LogP contribution in [0, 0.1) is 0 Å². The average molecular weight is 267 g/mol. The standard InChI is InChI=1S/C18H21NO/c1-19-13-16(14-7-3-2-4-8-14)12-17-11-15-9-5-6-10-18(15)20-17/h2-10,16-17,19H,11-13H2,1H3. The zero-order valence-corrected chi connectivity index (χ0v) is 11.9. The van der Waals surface area contributed by atoms with Crippen LogP contribution in [-0.4, -0.2) is 19.7 Å². The minimum absolute atomic E-state index is 0.297. The normalized spacial score (nSPS) is 18.4. The molecule has 2 aromatic carbocycles. The van der Waals surface area contributed by atoms with Crippen LogP contribution in [0.1, 0.15) is 23.5 Å². The highest BCUT2D eigenvalue weighted by Crippen LogP contribution is 2.32. The van der Waals surface area contributed by atoms with E-state index in [2.05, 4.69) is 53.8 Å². The number of ether oxygens (including phenoxy) is 1. The Kier molecular flexibility index (Phi) is 4.03. The molecule has 2 atom stereocenters. The highest BCUT2D eigenvalue weighted by atomic mass is 16.5. The van der Waals surface area contributed by atoms with Crippen molar-refractivity contribution in [3.8, 4) is 5.75 Å². The van der Waals surface area contributed by atoms with E-state index < -0.39 is 0 Å². The molecule has 0 saturated heterocycles. The first kappa shape index (κ1) is 13.2. The number of benzene rings is 2. The molecule has 1 aliphatic rings. The van der Waals surface area contributed by atoms with Crippen molar-refractivity contribution < 1.29 is 4.74 Å². The fourth-order valence-corrected chi connectivity index (χ4v) is 3.01. The van der Waals surface area contributed by atoms with Crippen LogP contribution in [0.2, 0.25) is 0 Å². The minimum atomic E-state index is 0.297. The van der Waals surface area contributed by atoms with Gasteiger partial charge in [0, 0.05) is 13.0 Å². The summed E-state index contributed by atoms with van der Waals surface area (Å²) in [5, 5.41) is 3.31. The summed E-state index contributed by atoms with van der Waals surface area (Å²) in [5.41, 5.74) is 2.73. The van der Waals surface area contributed by atoms with Gasteiger partial charge >= 0.3 is 0 Å². The lowest BCUT2D eigenvalue weighted by Crippen LogP contribution is -2.24. The van der Waals surface area contributed by atoms with Crippen molar-refractivity contribution in [1.29, 1.82) is 0 Å². The van der Waals surface area contributed by atoms with Gasteiger partial charge in [0.15, 0.2) is 0 Å². The van der Waals surface area contributed by atoms with Gasteiger partial charge in [-0.2, -0.15) is 0 Å². The molecular weight excluding hydrogens is 246 g/mol. The molecule has 0 fully saturated rings. The fourth-order valence-electron chi connectivity index (χ4n) is 3.01. The molecule has 0 bridgehead atoms. The Balaban J connectivity index is 1.70. The molecule has 0 spiro atoms. The molecule has 1 aliphatic heterocycles. The van der Waals surface area contributed by atoms with Crippen LogP contribution < -0.4 is 10.1 Å². The maximum absolute atomic E-state index is 6.08. The van der Waals surface area contributed by atoms with Crippen LogP contribution in [-0.2, 0) is 6.42 Å². The summed E-state index contributed by atoms with van der Waals surface area (Å²) in [6, 6.07) is 19.1. The maximum Gasteiger partial charge on any atom is 0.123 e. The van der Waals surface area contributed by atoms with Gasteiger partial charge in [-0.05, 0) is 36.6 Å². The van der Waals surface area contributed by atoms with Gasteiger partial charge in [0.25, 0.3) is 0 Å². The Hall–Kier alpha value is -1.80. The number of fused-ring (bicyclic) bond motifs is 1. The number of likely N-dealkylation sites (N-methyl/N-ethyl adjacent to an activating group) is 1. The Labute approximate surface area is 120 Å². The van der Waals surface area contributed by atoms with E-state index >= 15 is 0 Å². The van der Waals surface area contributed by atoms with E-state index in [1.807, 2.05) is 13.1 Å². The van der Waals surface area contributed by atoms with Crippen molar-refractivity contribution in [2.24, 2.45) is 0 Å². The second-order valence-corrected chi connectivity index (χ2v) is 5.45. The quantitative estimate of drug-likeness (QED) is 0.896. The van der Waals surface area contributed by atoms with E-state index in [1.54, 1.807) is 0 Å². The predicted molar refractivity (Wildman–Crippen MR) is 82.3 cm³/mol. The SMILES string of the molecule is CNCC(CC1Cc2ccccc2O1)c1ccccc1. The molecule has 20 heavy (non-hydrogen) atoms. The molecule has 2 unspecified atom stereocenters. The molecule has 0 aromatic heterocycles. The van der Waals surface area contributed by atoms with Crippen molar-refractivity contribution in [2.75, 3.05) is 13.6 Å². The number of nitrogens with one attached hydrogen (secondary N) is 1. The third-order valence-electron chi connectivity index (χ3n) is 3.98. The van der Waals surface area contributed by atoms with Crippen molar-refractivity contribution in [1.82, 2.24) is 5.32 Å². The maximum atomic E-state index is 6.08. The number of para-hydroxylation sites is 1. The first-order valence-corrected chi connectivity index (χ1v) is 7.31. The summed E-state index contributed by atoms with van der Waals surface area (Å²) in [7, 11) is 2.01. The number of rotatable bonds is 5. The van der Waals surface area contributed by atoms with Crippen LogP contribution in [0.15, 0.2) is 54.6 Å². The van der Waals surface area contributed by atoms with E-state index in [0.29, 0.717) is 12.0 Å². The highest BCUT2D eigenvalue weighted by molar-refractivity contribution is 5.37. The smallest absolute Gasteiger partial charge is 0.123 e. The van der Waals surface area contributed by atoms with Gasteiger partial charge in [-0.15, -0.1) is 0 Å². The summed E-state index contributed by atoms with van der Waals surface area (Å²) in [6.45, 7) is 0.986. The molecule has 0 saturated carbocycles. The van der Waals surface area contributed by atoms with Gasteiger partial charge in [-0.3, -0.25) is 0 Å². The fraction of sp³-hybridized carbons (Fsp3) is 0.333. The lowest BCUT2D eigenvalue weighted by molar-refractivity contribution is 0.209. The van der Waals surface area contributed by atoms with Crippen LogP contribution in [0.5, 0.6) is 5.75 Å². The molecular formula is C18H21NO. The lowest BCUT2D eigenvalue weighted by atomic mass is 9.91. The Bertz CT molecular complexity index is 527. The summed E-state index contributed by atoms with van der Waals surface area (Å²) >= 11 is 0. The third kappa shape index (κ3) is 2.86. The van der Waals surface area contributed by atoms with Crippen LogP contribution in [0.4, 0.5) is 0 Å². The van der Waals surface area contributed by atoms with Gasteiger partial charge in [-0.1, -0.05) is 48.5 Å². The van der Waals surface area contributed by atoms with E-state index in [9.17, 15) is 0 Å². The Morgan fingerprint density at radius 1 is 1.10 bits per heavy atom. The van der Waals surface area contributed by atoms with E-state index in [-0.39, 0.29) is 0 Å². The second-order valence-electron chi connectivity index (χ2n) is 5.45. The molecule has 3 rings (SSSR count). The molecule has 1 N–H and O–H groups in total. The van der Waals surface area contributed by atoms with Crippen molar-refractivity contribution >= 4 is 0 Å². The second kappa shape index (κ2) is 6.10. The molecule has 2 aromatic rings. The molecule has 2 nitrogen and oxygen atoms in total. The van der Waals surface area contributed by atoms with Gasteiger partial charge < -0.3 is 10.1 Å². The first-order chi connectivity index (χ1) is 9.86. The first-order valence-electron chi connectivity index (χ1n) is 7.31. The Morgan fingerprint density at radius 3 is 2.60 bits per heavy atom. The van der Waals surface area contributed by atoms with E-state index in [1.165, 1.54) is 11.1 Å². The van der Waals surface area contributed by atoms with Crippen molar-refractivity contribution in [3.05, 3.63) is 65.7 Å². The zero-order chi connectivity index (χ0) is 13.8. The molecule has 0 aliphatic carbocycles. The molecule has 104 valence electrons. The molecule has 1 heterocycles. The summed E-state index contributed by atoms with van der Waals surface area (Å²) in [6.07, 6.45) is 2.38. The predicted octanol–water partition coefficient (Wildman–Crippen LogP) is 3.38. The lowest BCUT2D eigenvalue weighted by Gasteiger charge is -2.21. The molecule has 2 heteroatoms. The minimum Gasteiger partial charge on any atom is -0.490 e. The van der Waals surface area contributed by atoms with E-state index in [0.717, 1.165) is 25.1 Å². The van der Waals surface area contributed by atoms with Gasteiger partial charge in [0.1, 0.15) is 11.9 Å². The van der Waals surface area contributed by atoms with E-state index in [4.69, 9.17) is 4.74 Å². The summed E-state index contributed by atoms with van der Waals surface area (Å²) in [4.78, 5) is 0. The number of hydrogen-bond acceptors (Lipinski definition) is 2. The monoisotopic (exact) mass is 267 g/mol. The number of hydrogen-bond donors (Lipinski definition) is 1. The summed E-state index contributed by atoms with van der Waals surface area (Å²) in [5.74, 6) is 1.56. The van der Waals surface area contributed by atoms with Crippen LogP contribution in [0.3, 0.4) is 0 Å². The van der Waals surface area contributed by atoms with Gasteiger partial charge in [-0.25, -0.2) is 0 Å². The van der Waals surface area contributed by atoms with Crippen LogP contribution >= 0.6 is 0 Å². The topological polar surface area (TPSA) is 21.3 Å². The third-order valence-corrected chi connectivity index (χ3v) is 3.98. The van der Waals surface area contributed by atoms with Gasteiger partial charge in [0.2, 0.25) is 0 Å². The summed E-state index contributed by atoms with van der Waals surface area (Å²) < 4.78 is 6.08. The molecule has 0 amide bonds. The Morgan fingerprint density at radius 2 is 1.85 bits per heavy atom. The van der Waals surface area contributed by atoms with Gasteiger partial charge in [0.05, 0.1) is 0 Å².